The van der Waals surface area contributed by atoms with Gasteiger partial charge in [0.2, 0.25) is 0 Å². The molecule has 2 rings (SSSR count). The van der Waals surface area contributed by atoms with Gasteiger partial charge in [0, 0.05) is 18.7 Å². The maximum Gasteiger partial charge on any atom is 0.260 e. The van der Waals surface area contributed by atoms with Gasteiger partial charge >= 0.3 is 0 Å². The highest BCUT2D eigenvalue weighted by molar-refractivity contribution is 5.81. The molecule has 0 N–H and O–H groups in total. The average molecular weight is 339 g/mol. The van der Waals surface area contributed by atoms with Crippen molar-refractivity contribution in [3.63, 3.8) is 0 Å². The predicted octanol–water partition coefficient (Wildman–Crippen LogP) is 4.03. The molecule has 25 heavy (non-hydrogen) atoms. The molecule has 2 aromatic rings. The number of benzene rings is 2. The van der Waals surface area contributed by atoms with Crippen LogP contribution in [0.5, 0.6) is 5.75 Å². The summed E-state index contributed by atoms with van der Waals surface area (Å²) in [7, 11) is 0. The first-order chi connectivity index (χ1) is 12.0. The molecule has 0 fully saturated rings. The number of hydrogen-bond donors (Lipinski definition) is 0. The zero-order valence-electron chi connectivity index (χ0n) is 15.3. The lowest BCUT2D eigenvalue weighted by Gasteiger charge is -2.19. The van der Waals surface area contributed by atoms with Crippen LogP contribution in [0.25, 0.3) is 11.1 Å². The summed E-state index contributed by atoms with van der Waals surface area (Å²) < 4.78 is 5.70. The van der Waals surface area contributed by atoms with Gasteiger partial charge in [-0.1, -0.05) is 18.2 Å². The highest BCUT2D eigenvalue weighted by atomic mass is 16.5. The van der Waals surface area contributed by atoms with Gasteiger partial charge in [0.15, 0.2) is 6.61 Å². The fraction of sp³-hybridized carbons (Fsp3) is 0.333. The molecular formula is C21H25NO3. The number of carbonyl (C=O) groups is 2. The fourth-order valence-corrected chi connectivity index (χ4v) is 3.04. The van der Waals surface area contributed by atoms with Gasteiger partial charge in [-0.25, -0.2) is 0 Å². The largest absolute Gasteiger partial charge is 0.484 e. The highest BCUT2D eigenvalue weighted by Crippen LogP contribution is 2.31. The number of carbonyl (C=O) groups excluding carboxylic acids is 2. The quantitative estimate of drug-likeness (QED) is 0.716. The molecule has 132 valence electrons. The summed E-state index contributed by atoms with van der Waals surface area (Å²) in [5.74, 6) is 0.675. The molecule has 0 aliphatic carbocycles. The van der Waals surface area contributed by atoms with Crippen molar-refractivity contribution < 1.29 is 14.3 Å². The zero-order valence-corrected chi connectivity index (χ0v) is 15.3. The number of nitrogens with zero attached hydrogens (tertiary/aromatic N) is 1. The maximum atomic E-state index is 12.1. The minimum Gasteiger partial charge on any atom is -0.484 e. The van der Waals surface area contributed by atoms with Crippen LogP contribution in [-0.4, -0.2) is 36.8 Å². The number of aryl methyl sites for hydroxylation is 2. The molecule has 4 heteroatoms. The van der Waals surface area contributed by atoms with E-state index in [9.17, 15) is 9.59 Å². The second-order valence-corrected chi connectivity index (χ2v) is 6.03. The van der Waals surface area contributed by atoms with Gasteiger partial charge in [-0.05, 0) is 68.1 Å². The van der Waals surface area contributed by atoms with Gasteiger partial charge in [0.1, 0.15) is 12.0 Å². The monoisotopic (exact) mass is 339 g/mol. The summed E-state index contributed by atoms with van der Waals surface area (Å²) in [5.41, 5.74) is 4.85. The molecule has 0 saturated heterocycles. The van der Waals surface area contributed by atoms with Gasteiger partial charge in [-0.15, -0.1) is 0 Å². The lowest BCUT2D eigenvalue weighted by atomic mass is 9.94. The Morgan fingerprint density at radius 2 is 1.72 bits per heavy atom. The Kier molecular flexibility index (Phi) is 6.34. The van der Waals surface area contributed by atoms with Crippen molar-refractivity contribution in [2.24, 2.45) is 0 Å². The molecule has 0 atom stereocenters. The fourth-order valence-electron chi connectivity index (χ4n) is 3.04. The van der Waals surface area contributed by atoms with Crippen molar-refractivity contribution in [3.05, 3.63) is 53.1 Å². The van der Waals surface area contributed by atoms with Crippen LogP contribution in [0.4, 0.5) is 0 Å². The molecule has 0 unspecified atom stereocenters. The van der Waals surface area contributed by atoms with E-state index in [4.69, 9.17) is 4.74 Å². The third-order valence-corrected chi connectivity index (χ3v) is 4.30. The molecule has 0 heterocycles. The topological polar surface area (TPSA) is 46.6 Å². The van der Waals surface area contributed by atoms with E-state index in [2.05, 4.69) is 0 Å². The average Bonchev–Trinajstić information content (AvgIpc) is 2.60. The Labute approximate surface area is 149 Å². The van der Waals surface area contributed by atoms with Gasteiger partial charge in [-0.2, -0.15) is 0 Å². The second-order valence-electron chi connectivity index (χ2n) is 6.03. The van der Waals surface area contributed by atoms with E-state index in [1.54, 1.807) is 11.0 Å². The summed E-state index contributed by atoms with van der Waals surface area (Å²) in [5, 5.41) is 0. The normalized spacial score (nSPS) is 10.4. The first-order valence-corrected chi connectivity index (χ1v) is 8.57. The van der Waals surface area contributed by atoms with Gasteiger partial charge in [0.05, 0.1) is 0 Å². The number of aldehydes is 1. The van der Waals surface area contributed by atoms with Crippen molar-refractivity contribution in [2.75, 3.05) is 19.7 Å². The smallest absolute Gasteiger partial charge is 0.260 e. The number of ether oxygens (including phenoxy) is 1. The first kappa shape index (κ1) is 18.7. The van der Waals surface area contributed by atoms with Crippen LogP contribution >= 0.6 is 0 Å². The van der Waals surface area contributed by atoms with Crippen molar-refractivity contribution in [1.82, 2.24) is 4.90 Å². The molecule has 4 nitrogen and oxygen atoms in total. The first-order valence-electron chi connectivity index (χ1n) is 8.57. The minimum atomic E-state index is -0.0110. The summed E-state index contributed by atoms with van der Waals surface area (Å²) in [4.78, 5) is 24.8. The summed E-state index contributed by atoms with van der Waals surface area (Å²) >= 11 is 0. The summed E-state index contributed by atoms with van der Waals surface area (Å²) in [6.45, 7) is 9.34. The molecule has 0 radical (unpaired) electrons. The Balaban J connectivity index is 2.22. The molecule has 0 aromatic heterocycles. The van der Waals surface area contributed by atoms with E-state index in [1.165, 1.54) is 0 Å². The lowest BCUT2D eigenvalue weighted by molar-refractivity contribution is -0.132. The maximum absolute atomic E-state index is 12.1. The molecule has 0 saturated carbocycles. The molecule has 0 aliphatic rings. The van der Waals surface area contributed by atoms with Crippen LogP contribution in [0.1, 0.15) is 35.3 Å². The number of likely N-dealkylation sites (N-methyl/N-ethyl adjacent to an activating group) is 1. The van der Waals surface area contributed by atoms with E-state index in [0.29, 0.717) is 24.4 Å². The molecular weight excluding hydrogens is 314 g/mol. The second kappa shape index (κ2) is 8.47. The Morgan fingerprint density at radius 1 is 1.08 bits per heavy atom. The number of hydrogen-bond acceptors (Lipinski definition) is 3. The van der Waals surface area contributed by atoms with E-state index in [0.717, 1.165) is 28.5 Å². The number of rotatable bonds is 7. The van der Waals surface area contributed by atoms with E-state index in [1.807, 2.05) is 58.0 Å². The van der Waals surface area contributed by atoms with E-state index in [-0.39, 0.29) is 12.5 Å². The van der Waals surface area contributed by atoms with Gasteiger partial charge in [-0.3, -0.25) is 9.59 Å². The lowest BCUT2D eigenvalue weighted by Crippen LogP contribution is -2.34. The van der Waals surface area contributed by atoms with Crippen LogP contribution in [0.2, 0.25) is 0 Å². The van der Waals surface area contributed by atoms with Crippen LogP contribution in [-0.2, 0) is 4.79 Å². The van der Waals surface area contributed by atoms with Crippen molar-refractivity contribution >= 4 is 12.2 Å². The third-order valence-electron chi connectivity index (χ3n) is 4.30. The molecule has 2 aromatic carbocycles. The Morgan fingerprint density at radius 3 is 2.28 bits per heavy atom. The van der Waals surface area contributed by atoms with Gasteiger partial charge in [0.25, 0.3) is 5.91 Å². The van der Waals surface area contributed by atoms with E-state index < -0.39 is 0 Å². The highest BCUT2D eigenvalue weighted by Gasteiger charge is 2.12. The standard InChI is InChI=1S/C21H25NO3/c1-5-22(6-2)20(24)14-25-19-10-15(3)21(16(4)11-19)18-9-7-8-17(12-18)13-23/h7-13H,5-6,14H2,1-4H3. The molecule has 1 amide bonds. The summed E-state index contributed by atoms with van der Waals surface area (Å²) in [6, 6.07) is 11.4. The Bertz CT molecular complexity index is 740. The Hall–Kier alpha value is -2.62. The minimum absolute atomic E-state index is 0.0110. The van der Waals surface area contributed by atoms with Crippen LogP contribution in [0.15, 0.2) is 36.4 Å². The van der Waals surface area contributed by atoms with Crippen LogP contribution in [0.3, 0.4) is 0 Å². The predicted molar refractivity (Wildman–Crippen MR) is 100 cm³/mol. The van der Waals surface area contributed by atoms with Crippen LogP contribution < -0.4 is 4.74 Å². The van der Waals surface area contributed by atoms with Crippen molar-refractivity contribution in [3.8, 4) is 16.9 Å². The van der Waals surface area contributed by atoms with Crippen molar-refractivity contribution in [2.45, 2.75) is 27.7 Å². The molecule has 0 bridgehead atoms. The molecule has 0 spiro atoms. The summed E-state index contributed by atoms with van der Waals surface area (Å²) in [6.07, 6.45) is 0.852. The van der Waals surface area contributed by atoms with Gasteiger partial charge < -0.3 is 9.64 Å². The molecule has 0 aliphatic heterocycles. The van der Waals surface area contributed by atoms with E-state index >= 15 is 0 Å². The zero-order chi connectivity index (χ0) is 18.4. The SMILES string of the molecule is CCN(CC)C(=O)COc1cc(C)c(-c2cccc(C=O)c2)c(C)c1. The third kappa shape index (κ3) is 4.47. The number of amides is 1. The van der Waals surface area contributed by atoms with Crippen molar-refractivity contribution in [1.29, 1.82) is 0 Å². The van der Waals surface area contributed by atoms with Crippen LogP contribution in [0, 0.1) is 13.8 Å².